The molecule has 0 aliphatic rings. The summed E-state index contributed by atoms with van der Waals surface area (Å²) in [6.45, 7) is 5.84. The van der Waals surface area contributed by atoms with Crippen LogP contribution in [0.4, 0.5) is 0 Å². The van der Waals surface area contributed by atoms with Crippen molar-refractivity contribution >= 4 is 22.5 Å². The van der Waals surface area contributed by atoms with Gasteiger partial charge < -0.3 is 4.74 Å². The van der Waals surface area contributed by atoms with Crippen molar-refractivity contribution in [3.8, 4) is 22.6 Å². The normalized spacial score (nSPS) is 11.1. The van der Waals surface area contributed by atoms with E-state index in [0.29, 0.717) is 24.3 Å². The molecule has 0 radical (unpaired) electrons. The quantitative estimate of drug-likeness (QED) is 0.248. The summed E-state index contributed by atoms with van der Waals surface area (Å²) >= 11 is 0. The fraction of sp³-hybridized carbons (Fsp3) is 0.233. The van der Waals surface area contributed by atoms with Crippen molar-refractivity contribution in [1.82, 2.24) is 4.98 Å². The average molecular weight is 452 g/mol. The summed E-state index contributed by atoms with van der Waals surface area (Å²) in [6.07, 6.45) is 3.40. The summed E-state index contributed by atoms with van der Waals surface area (Å²) < 4.78 is 6.12. The van der Waals surface area contributed by atoms with Crippen molar-refractivity contribution < 1.29 is 14.3 Å². The highest BCUT2D eigenvalue weighted by Gasteiger charge is 2.13. The Balaban J connectivity index is 1.59. The molecular weight excluding hydrogens is 422 g/mol. The highest BCUT2D eigenvalue weighted by atomic mass is 16.5. The fourth-order valence-corrected chi connectivity index (χ4v) is 3.91. The number of ketones is 2. The number of carbonyl (C=O) groups excluding carboxylic acids is 2. The fourth-order valence-electron chi connectivity index (χ4n) is 3.91. The van der Waals surface area contributed by atoms with Crippen molar-refractivity contribution in [1.29, 1.82) is 0 Å². The van der Waals surface area contributed by atoms with Gasteiger partial charge in [-0.05, 0) is 53.9 Å². The maximum atomic E-state index is 12.6. The van der Waals surface area contributed by atoms with Crippen molar-refractivity contribution in [3.05, 3.63) is 90.1 Å². The van der Waals surface area contributed by atoms with Crippen molar-refractivity contribution in [2.45, 2.75) is 40.0 Å². The van der Waals surface area contributed by atoms with Crippen LogP contribution in [0.25, 0.3) is 22.0 Å². The topological polar surface area (TPSA) is 56.3 Å². The van der Waals surface area contributed by atoms with Gasteiger partial charge in [0.25, 0.3) is 0 Å². The number of fused-ring (bicyclic) bond motifs is 1. The van der Waals surface area contributed by atoms with E-state index in [1.165, 1.54) is 0 Å². The second-order valence-corrected chi connectivity index (χ2v) is 8.80. The van der Waals surface area contributed by atoms with Crippen molar-refractivity contribution in [2.24, 2.45) is 5.92 Å². The van der Waals surface area contributed by atoms with E-state index in [9.17, 15) is 9.59 Å². The van der Waals surface area contributed by atoms with E-state index in [0.717, 1.165) is 39.6 Å². The Morgan fingerprint density at radius 1 is 0.912 bits per heavy atom. The summed E-state index contributed by atoms with van der Waals surface area (Å²) in [7, 11) is 0. The van der Waals surface area contributed by atoms with E-state index in [1.54, 1.807) is 6.20 Å². The summed E-state index contributed by atoms with van der Waals surface area (Å²) in [5, 5.41) is 0.877. The molecule has 172 valence electrons. The lowest BCUT2D eigenvalue weighted by Crippen LogP contribution is -2.10. The van der Waals surface area contributed by atoms with E-state index in [4.69, 9.17) is 4.74 Å². The molecule has 0 atom stereocenters. The molecule has 34 heavy (non-hydrogen) atoms. The van der Waals surface area contributed by atoms with Gasteiger partial charge in [-0.1, -0.05) is 57.2 Å². The van der Waals surface area contributed by atoms with Crippen LogP contribution in [0.3, 0.4) is 0 Å². The van der Waals surface area contributed by atoms with Crippen LogP contribution >= 0.6 is 0 Å². The molecule has 0 amide bonds. The molecule has 0 saturated carbocycles. The molecule has 0 fully saturated rings. The minimum atomic E-state index is -0.0118. The smallest absolute Gasteiger partial charge is 0.163 e. The zero-order chi connectivity index (χ0) is 24.1. The van der Waals surface area contributed by atoms with Gasteiger partial charge in [0, 0.05) is 41.5 Å². The standard InChI is InChI=1S/C30H29NO3/c1-4-7-28(32)25-16-17-31-27-15-12-22(18-26(25)27)21-10-13-24(14-11-21)34-30-9-6-5-8-23(30)19-29(33)20(2)3/h5-6,8-18,20H,4,7,19H2,1-3H3. The Labute approximate surface area is 200 Å². The van der Waals surface area contributed by atoms with Gasteiger partial charge in [-0.25, -0.2) is 0 Å². The number of hydrogen-bond acceptors (Lipinski definition) is 4. The molecule has 0 spiro atoms. The molecule has 0 unspecified atom stereocenters. The lowest BCUT2D eigenvalue weighted by Gasteiger charge is -2.12. The van der Waals surface area contributed by atoms with E-state index in [1.807, 2.05) is 93.6 Å². The van der Waals surface area contributed by atoms with Crippen LogP contribution in [-0.4, -0.2) is 16.6 Å². The molecule has 0 N–H and O–H groups in total. The molecule has 0 bridgehead atoms. The Morgan fingerprint density at radius 3 is 2.38 bits per heavy atom. The average Bonchev–Trinajstić information content (AvgIpc) is 2.85. The molecule has 4 heteroatoms. The largest absolute Gasteiger partial charge is 0.457 e. The lowest BCUT2D eigenvalue weighted by atomic mass is 9.98. The predicted octanol–water partition coefficient (Wildman–Crippen LogP) is 7.44. The third kappa shape index (κ3) is 5.23. The Bertz CT molecular complexity index is 1320. The van der Waals surface area contributed by atoms with Crippen molar-refractivity contribution in [2.75, 3.05) is 0 Å². The monoisotopic (exact) mass is 451 g/mol. The number of hydrogen-bond donors (Lipinski definition) is 0. The minimum absolute atomic E-state index is 0.0118. The first-order chi connectivity index (χ1) is 16.5. The van der Waals surface area contributed by atoms with Gasteiger partial charge in [0.2, 0.25) is 0 Å². The summed E-state index contributed by atoms with van der Waals surface area (Å²) in [5.74, 6) is 1.72. The van der Waals surface area contributed by atoms with E-state index >= 15 is 0 Å². The Hall–Kier alpha value is -3.79. The van der Waals surface area contributed by atoms with Crippen LogP contribution in [-0.2, 0) is 11.2 Å². The Kier molecular flexibility index (Phi) is 7.17. The zero-order valence-corrected chi connectivity index (χ0v) is 19.9. The first-order valence-corrected chi connectivity index (χ1v) is 11.8. The molecule has 4 rings (SSSR count). The highest BCUT2D eigenvalue weighted by Crippen LogP contribution is 2.30. The zero-order valence-electron chi connectivity index (χ0n) is 19.9. The van der Waals surface area contributed by atoms with Gasteiger partial charge in [-0.3, -0.25) is 14.6 Å². The number of pyridine rings is 1. The number of carbonyl (C=O) groups is 2. The number of benzene rings is 3. The number of Topliss-reactive ketones (excluding diaryl/α,β-unsaturated/α-hetero) is 2. The molecule has 1 aromatic heterocycles. The predicted molar refractivity (Wildman–Crippen MR) is 136 cm³/mol. The van der Waals surface area contributed by atoms with E-state index < -0.39 is 0 Å². The number of rotatable bonds is 9. The van der Waals surface area contributed by atoms with Gasteiger partial charge >= 0.3 is 0 Å². The third-order valence-electron chi connectivity index (χ3n) is 5.92. The number of ether oxygens (including phenoxy) is 1. The van der Waals surface area contributed by atoms with E-state index in [-0.39, 0.29) is 17.5 Å². The highest BCUT2D eigenvalue weighted by molar-refractivity contribution is 6.08. The third-order valence-corrected chi connectivity index (χ3v) is 5.92. The second kappa shape index (κ2) is 10.4. The van der Waals surface area contributed by atoms with Gasteiger partial charge in [0.15, 0.2) is 5.78 Å². The van der Waals surface area contributed by atoms with Crippen LogP contribution in [0.5, 0.6) is 11.5 Å². The Morgan fingerprint density at radius 2 is 1.65 bits per heavy atom. The van der Waals surface area contributed by atoms with Crippen molar-refractivity contribution in [3.63, 3.8) is 0 Å². The first kappa shape index (κ1) is 23.4. The molecule has 3 aromatic carbocycles. The molecule has 4 aromatic rings. The van der Waals surface area contributed by atoms with Crippen LogP contribution in [0, 0.1) is 5.92 Å². The maximum absolute atomic E-state index is 12.6. The summed E-state index contributed by atoms with van der Waals surface area (Å²) in [4.78, 5) is 29.2. The van der Waals surface area contributed by atoms with Crippen LogP contribution in [0.15, 0.2) is 79.0 Å². The minimum Gasteiger partial charge on any atom is -0.457 e. The van der Waals surface area contributed by atoms with E-state index in [2.05, 4.69) is 4.98 Å². The maximum Gasteiger partial charge on any atom is 0.163 e. The summed E-state index contributed by atoms with van der Waals surface area (Å²) in [6, 6.07) is 23.3. The van der Waals surface area contributed by atoms with Crippen LogP contribution < -0.4 is 4.74 Å². The van der Waals surface area contributed by atoms with Gasteiger partial charge in [-0.15, -0.1) is 0 Å². The van der Waals surface area contributed by atoms with Gasteiger partial charge in [-0.2, -0.15) is 0 Å². The number of nitrogens with zero attached hydrogens (tertiary/aromatic N) is 1. The number of para-hydroxylation sites is 1. The second-order valence-electron chi connectivity index (χ2n) is 8.80. The molecule has 0 aliphatic heterocycles. The van der Waals surface area contributed by atoms with Gasteiger partial charge in [0.1, 0.15) is 17.3 Å². The molecular formula is C30H29NO3. The molecule has 1 heterocycles. The molecule has 4 nitrogen and oxygen atoms in total. The SMILES string of the molecule is CCCC(=O)c1ccnc2ccc(-c3ccc(Oc4ccccc4CC(=O)C(C)C)cc3)cc12. The summed E-state index contributed by atoms with van der Waals surface area (Å²) in [5.41, 5.74) is 4.46. The first-order valence-electron chi connectivity index (χ1n) is 11.8. The molecule has 0 saturated heterocycles. The number of aromatic nitrogens is 1. The van der Waals surface area contributed by atoms with Crippen LogP contribution in [0.1, 0.15) is 49.5 Å². The molecule has 0 aliphatic carbocycles. The lowest BCUT2D eigenvalue weighted by molar-refractivity contribution is -0.121. The van der Waals surface area contributed by atoms with Gasteiger partial charge in [0.05, 0.1) is 5.52 Å². The van der Waals surface area contributed by atoms with Crippen LogP contribution in [0.2, 0.25) is 0 Å².